The van der Waals surface area contributed by atoms with Crippen LogP contribution in [0.15, 0.2) is 0 Å². The van der Waals surface area contributed by atoms with E-state index < -0.39 is 0 Å². The maximum atomic E-state index is 12.2. The highest BCUT2D eigenvalue weighted by molar-refractivity contribution is 5.80. The van der Waals surface area contributed by atoms with Gasteiger partial charge in [-0.25, -0.2) is 0 Å². The molecule has 0 saturated carbocycles. The van der Waals surface area contributed by atoms with Crippen molar-refractivity contribution in [3.05, 3.63) is 0 Å². The molecule has 2 atom stereocenters. The Hall–Kier alpha value is -0.610. The summed E-state index contributed by atoms with van der Waals surface area (Å²) in [6.07, 6.45) is 2.09. The summed E-state index contributed by atoms with van der Waals surface area (Å²) >= 11 is 0. The predicted octanol–water partition coefficient (Wildman–Crippen LogP) is 1.26. The first kappa shape index (κ1) is 14.5. The van der Waals surface area contributed by atoms with E-state index in [2.05, 4.69) is 19.2 Å². The standard InChI is InChI=1S/C13H26N2O2/c1-10(2)15(13(16)11(3)17-4)9-12-6-5-7-14-8-12/h10-12,14H,5-9H2,1-4H3. The molecule has 0 aromatic heterocycles. The number of hydrogen-bond acceptors (Lipinski definition) is 3. The summed E-state index contributed by atoms with van der Waals surface area (Å²) < 4.78 is 5.13. The molecule has 0 aromatic rings. The normalized spacial score (nSPS) is 22.5. The number of rotatable bonds is 5. The molecule has 1 heterocycles. The molecular weight excluding hydrogens is 216 g/mol. The molecule has 17 heavy (non-hydrogen) atoms. The quantitative estimate of drug-likeness (QED) is 0.789. The van der Waals surface area contributed by atoms with Gasteiger partial charge in [0.25, 0.3) is 5.91 Å². The summed E-state index contributed by atoms with van der Waals surface area (Å²) in [5.74, 6) is 0.687. The van der Waals surface area contributed by atoms with Crippen LogP contribution in [0.3, 0.4) is 0 Å². The molecule has 0 radical (unpaired) electrons. The minimum Gasteiger partial charge on any atom is -0.372 e. The molecule has 0 bridgehead atoms. The van der Waals surface area contributed by atoms with Crippen LogP contribution >= 0.6 is 0 Å². The van der Waals surface area contributed by atoms with Crippen LogP contribution in [-0.4, -0.2) is 49.7 Å². The molecule has 0 spiro atoms. The lowest BCUT2D eigenvalue weighted by atomic mass is 9.98. The summed E-state index contributed by atoms with van der Waals surface area (Å²) in [5.41, 5.74) is 0. The highest BCUT2D eigenvalue weighted by Crippen LogP contribution is 2.15. The lowest BCUT2D eigenvalue weighted by molar-refractivity contribution is -0.143. The van der Waals surface area contributed by atoms with Crippen molar-refractivity contribution in [1.82, 2.24) is 10.2 Å². The summed E-state index contributed by atoms with van der Waals surface area (Å²) in [6, 6.07) is 0.238. The van der Waals surface area contributed by atoms with E-state index in [9.17, 15) is 4.79 Å². The Morgan fingerprint density at radius 1 is 1.47 bits per heavy atom. The molecule has 1 aliphatic rings. The van der Waals surface area contributed by atoms with Gasteiger partial charge < -0.3 is 15.0 Å². The lowest BCUT2D eigenvalue weighted by Gasteiger charge is -2.34. The number of carbonyl (C=O) groups excluding carboxylic acids is 1. The number of nitrogens with zero attached hydrogens (tertiary/aromatic N) is 1. The Bertz CT molecular complexity index is 238. The Morgan fingerprint density at radius 3 is 2.65 bits per heavy atom. The van der Waals surface area contributed by atoms with E-state index in [-0.39, 0.29) is 18.1 Å². The Morgan fingerprint density at radius 2 is 2.18 bits per heavy atom. The third kappa shape index (κ3) is 4.28. The molecule has 4 heteroatoms. The van der Waals surface area contributed by atoms with Gasteiger partial charge >= 0.3 is 0 Å². The van der Waals surface area contributed by atoms with Crippen LogP contribution in [0.1, 0.15) is 33.6 Å². The van der Waals surface area contributed by atoms with E-state index >= 15 is 0 Å². The first-order valence-corrected chi connectivity index (χ1v) is 6.60. The van der Waals surface area contributed by atoms with Crippen molar-refractivity contribution in [2.45, 2.75) is 45.8 Å². The van der Waals surface area contributed by atoms with E-state index in [4.69, 9.17) is 4.74 Å². The third-order valence-electron chi connectivity index (χ3n) is 3.46. The van der Waals surface area contributed by atoms with Gasteiger partial charge in [0.2, 0.25) is 0 Å². The largest absolute Gasteiger partial charge is 0.372 e. The molecule has 1 saturated heterocycles. The van der Waals surface area contributed by atoms with Crippen molar-refractivity contribution in [2.75, 3.05) is 26.7 Å². The van der Waals surface area contributed by atoms with Crippen LogP contribution in [-0.2, 0) is 9.53 Å². The number of carbonyl (C=O) groups is 1. The van der Waals surface area contributed by atoms with Gasteiger partial charge in [-0.05, 0) is 52.6 Å². The Labute approximate surface area is 105 Å². The van der Waals surface area contributed by atoms with E-state index in [0.29, 0.717) is 5.92 Å². The zero-order valence-corrected chi connectivity index (χ0v) is 11.5. The van der Waals surface area contributed by atoms with E-state index in [1.807, 2.05) is 11.8 Å². The summed E-state index contributed by atoms with van der Waals surface area (Å²) in [7, 11) is 1.59. The molecule has 2 unspecified atom stereocenters. The van der Waals surface area contributed by atoms with Crippen LogP contribution < -0.4 is 5.32 Å². The maximum absolute atomic E-state index is 12.2. The Balaban J connectivity index is 2.55. The highest BCUT2D eigenvalue weighted by Gasteiger charge is 2.26. The SMILES string of the molecule is COC(C)C(=O)N(CC1CCCNC1)C(C)C. The monoisotopic (exact) mass is 242 g/mol. The molecule has 1 fully saturated rings. The molecule has 4 nitrogen and oxygen atoms in total. The van der Waals surface area contributed by atoms with Gasteiger partial charge in [-0.1, -0.05) is 0 Å². The number of methoxy groups -OCH3 is 1. The van der Waals surface area contributed by atoms with Gasteiger partial charge in [0.05, 0.1) is 0 Å². The minimum atomic E-state index is -0.339. The fourth-order valence-corrected chi connectivity index (χ4v) is 2.25. The molecule has 100 valence electrons. The van der Waals surface area contributed by atoms with Crippen LogP contribution in [0.25, 0.3) is 0 Å². The fraction of sp³-hybridized carbons (Fsp3) is 0.923. The maximum Gasteiger partial charge on any atom is 0.251 e. The number of ether oxygens (including phenoxy) is 1. The van der Waals surface area contributed by atoms with Crippen molar-refractivity contribution in [1.29, 1.82) is 0 Å². The predicted molar refractivity (Wildman–Crippen MR) is 68.9 cm³/mol. The zero-order chi connectivity index (χ0) is 12.8. The third-order valence-corrected chi connectivity index (χ3v) is 3.46. The van der Waals surface area contributed by atoms with E-state index in [1.165, 1.54) is 12.8 Å². The van der Waals surface area contributed by atoms with Crippen LogP contribution in [0.5, 0.6) is 0 Å². The lowest BCUT2D eigenvalue weighted by Crippen LogP contribution is -2.47. The molecule has 0 aromatic carbocycles. The summed E-state index contributed by atoms with van der Waals surface area (Å²) in [6.45, 7) is 8.93. The van der Waals surface area contributed by atoms with Crippen molar-refractivity contribution in [3.63, 3.8) is 0 Å². The molecular formula is C13H26N2O2. The average molecular weight is 242 g/mol. The second kappa shape index (κ2) is 6.97. The van der Waals surface area contributed by atoms with Gasteiger partial charge in [-0.2, -0.15) is 0 Å². The highest BCUT2D eigenvalue weighted by atomic mass is 16.5. The molecule has 0 aliphatic carbocycles. The van der Waals surface area contributed by atoms with Crippen molar-refractivity contribution >= 4 is 5.91 Å². The second-order valence-corrected chi connectivity index (χ2v) is 5.17. The molecule has 1 N–H and O–H groups in total. The average Bonchev–Trinajstić information content (AvgIpc) is 2.35. The summed E-state index contributed by atoms with van der Waals surface area (Å²) in [4.78, 5) is 14.1. The molecule has 1 amide bonds. The number of piperidine rings is 1. The molecule has 1 aliphatic heterocycles. The zero-order valence-electron chi connectivity index (χ0n) is 11.5. The minimum absolute atomic E-state index is 0.105. The smallest absolute Gasteiger partial charge is 0.251 e. The number of hydrogen-bond donors (Lipinski definition) is 1. The van der Waals surface area contributed by atoms with Crippen LogP contribution in [0.4, 0.5) is 0 Å². The van der Waals surface area contributed by atoms with Gasteiger partial charge in [-0.15, -0.1) is 0 Å². The van der Waals surface area contributed by atoms with Crippen molar-refractivity contribution in [3.8, 4) is 0 Å². The first-order valence-electron chi connectivity index (χ1n) is 6.60. The van der Waals surface area contributed by atoms with Crippen LogP contribution in [0, 0.1) is 5.92 Å². The summed E-state index contributed by atoms with van der Waals surface area (Å²) in [5, 5.41) is 3.39. The second-order valence-electron chi connectivity index (χ2n) is 5.17. The Kier molecular flexibility index (Phi) is 5.92. The van der Waals surface area contributed by atoms with E-state index in [1.54, 1.807) is 7.11 Å². The first-order chi connectivity index (χ1) is 8.06. The number of nitrogens with one attached hydrogen (secondary N) is 1. The fourth-order valence-electron chi connectivity index (χ4n) is 2.25. The topological polar surface area (TPSA) is 41.6 Å². The van der Waals surface area contributed by atoms with Crippen molar-refractivity contribution < 1.29 is 9.53 Å². The van der Waals surface area contributed by atoms with Gasteiger partial charge in [0, 0.05) is 19.7 Å². The van der Waals surface area contributed by atoms with E-state index in [0.717, 1.165) is 19.6 Å². The van der Waals surface area contributed by atoms with Gasteiger partial charge in [0.1, 0.15) is 6.10 Å². The van der Waals surface area contributed by atoms with Crippen LogP contribution in [0.2, 0.25) is 0 Å². The molecule has 1 rings (SSSR count). The van der Waals surface area contributed by atoms with Gasteiger partial charge in [-0.3, -0.25) is 4.79 Å². The van der Waals surface area contributed by atoms with Gasteiger partial charge in [0.15, 0.2) is 0 Å². The number of amides is 1. The van der Waals surface area contributed by atoms with Crippen molar-refractivity contribution in [2.24, 2.45) is 5.92 Å².